The van der Waals surface area contributed by atoms with Gasteiger partial charge in [0.25, 0.3) is 0 Å². The quantitative estimate of drug-likeness (QED) is 0.544. The van der Waals surface area contributed by atoms with Gasteiger partial charge in [0.1, 0.15) is 0 Å². The van der Waals surface area contributed by atoms with E-state index < -0.39 is 0 Å². The van der Waals surface area contributed by atoms with E-state index in [-0.39, 0.29) is 5.60 Å². The number of rotatable bonds is 0. The van der Waals surface area contributed by atoms with Gasteiger partial charge in [-0.05, 0) is 43.9 Å². The minimum atomic E-state index is -0.330. The molecule has 58 valence electrons. The Bertz CT molecular complexity index is 147. The van der Waals surface area contributed by atoms with Crippen molar-refractivity contribution in [1.82, 2.24) is 0 Å². The Morgan fingerprint density at radius 2 is 2.10 bits per heavy atom. The van der Waals surface area contributed by atoms with E-state index in [1.54, 1.807) is 0 Å². The lowest BCUT2D eigenvalue weighted by Crippen LogP contribution is -2.38. The maximum Gasteiger partial charge on any atom is 0.0675 e. The van der Waals surface area contributed by atoms with Crippen LogP contribution >= 0.6 is 0 Å². The molecule has 2 bridgehead atoms. The summed E-state index contributed by atoms with van der Waals surface area (Å²) in [5, 5.41) is 9.95. The second kappa shape index (κ2) is 1.76. The van der Waals surface area contributed by atoms with Crippen molar-refractivity contribution in [3.63, 3.8) is 0 Å². The van der Waals surface area contributed by atoms with Gasteiger partial charge in [0.15, 0.2) is 0 Å². The highest BCUT2D eigenvalue weighted by atomic mass is 16.3. The minimum Gasteiger partial charge on any atom is -0.390 e. The van der Waals surface area contributed by atoms with Crippen LogP contribution in [0.1, 0.15) is 33.1 Å². The standard InChI is InChI=1S/C9H16O/c1-6-7-3-4-8(5-7)9(6,2)10/h6-8,10H,3-5H2,1-2H3. The fourth-order valence-corrected chi connectivity index (χ4v) is 2.85. The zero-order chi connectivity index (χ0) is 7.35. The molecule has 4 atom stereocenters. The Labute approximate surface area is 62.4 Å². The Morgan fingerprint density at radius 3 is 2.40 bits per heavy atom. The Kier molecular flexibility index (Phi) is 1.17. The highest BCUT2D eigenvalue weighted by molar-refractivity contribution is 5.02. The Hall–Kier alpha value is -0.0400. The largest absolute Gasteiger partial charge is 0.390 e. The van der Waals surface area contributed by atoms with Gasteiger partial charge in [-0.3, -0.25) is 0 Å². The van der Waals surface area contributed by atoms with Gasteiger partial charge in [-0.15, -0.1) is 0 Å². The first kappa shape index (κ1) is 6.66. The topological polar surface area (TPSA) is 20.2 Å². The van der Waals surface area contributed by atoms with Gasteiger partial charge in [-0.2, -0.15) is 0 Å². The summed E-state index contributed by atoms with van der Waals surface area (Å²) in [4.78, 5) is 0. The van der Waals surface area contributed by atoms with Crippen LogP contribution in [-0.2, 0) is 0 Å². The Morgan fingerprint density at radius 1 is 1.40 bits per heavy atom. The molecule has 2 rings (SSSR count). The SMILES string of the molecule is CC1C2CCC(C2)C1(C)O. The van der Waals surface area contributed by atoms with Crippen molar-refractivity contribution in [2.24, 2.45) is 17.8 Å². The molecule has 0 aromatic heterocycles. The molecule has 1 heteroatoms. The molecule has 10 heavy (non-hydrogen) atoms. The van der Waals surface area contributed by atoms with E-state index in [0.717, 1.165) is 5.92 Å². The van der Waals surface area contributed by atoms with Crippen LogP contribution in [0.5, 0.6) is 0 Å². The fraction of sp³-hybridized carbons (Fsp3) is 1.00. The van der Waals surface area contributed by atoms with Crippen LogP contribution in [0, 0.1) is 17.8 Å². The van der Waals surface area contributed by atoms with Crippen LogP contribution in [0.2, 0.25) is 0 Å². The van der Waals surface area contributed by atoms with Crippen molar-refractivity contribution < 1.29 is 5.11 Å². The molecule has 2 saturated carbocycles. The molecule has 2 aliphatic rings. The van der Waals surface area contributed by atoms with E-state index in [9.17, 15) is 5.11 Å². The van der Waals surface area contributed by atoms with Gasteiger partial charge < -0.3 is 5.11 Å². The monoisotopic (exact) mass is 140 g/mol. The maximum absolute atomic E-state index is 9.95. The van der Waals surface area contributed by atoms with Gasteiger partial charge in [-0.25, -0.2) is 0 Å². The van der Waals surface area contributed by atoms with E-state index in [0.29, 0.717) is 11.8 Å². The van der Waals surface area contributed by atoms with Gasteiger partial charge in [0.05, 0.1) is 5.60 Å². The summed E-state index contributed by atoms with van der Waals surface area (Å²) in [6.07, 6.45) is 3.91. The summed E-state index contributed by atoms with van der Waals surface area (Å²) < 4.78 is 0. The predicted molar refractivity (Wildman–Crippen MR) is 40.6 cm³/mol. The molecule has 0 aromatic rings. The van der Waals surface area contributed by atoms with Crippen LogP contribution in [-0.4, -0.2) is 10.7 Å². The maximum atomic E-state index is 9.95. The second-order valence-corrected chi connectivity index (χ2v) is 4.28. The van der Waals surface area contributed by atoms with Crippen molar-refractivity contribution in [3.8, 4) is 0 Å². The lowest BCUT2D eigenvalue weighted by molar-refractivity contribution is -0.0363. The molecule has 0 radical (unpaired) electrons. The van der Waals surface area contributed by atoms with E-state index in [1.807, 2.05) is 6.92 Å². The molecule has 0 aromatic carbocycles. The average molecular weight is 140 g/mol. The van der Waals surface area contributed by atoms with Crippen LogP contribution in [0.25, 0.3) is 0 Å². The third-order valence-electron chi connectivity index (χ3n) is 3.93. The highest BCUT2D eigenvalue weighted by Gasteiger charge is 2.52. The van der Waals surface area contributed by atoms with E-state index in [2.05, 4.69) is 6.92 Å². The van der Waals surface area contributed by atoms with Crippen LogP contribution in [0.15, 0.2) is 0 Å². The molecule has 2 aliphatic carbocycles. The lowest BCUT2D eigenvalue weighted by atomic mass is 9.78. The molecular formula is C9H16O. The number of hydrogen-bond acceptors (Lipinski definition) is 1. The molecule has 0 spiro atoms. The fourth-order valence-electron chi connectivity index (χ4n) is 2.85. The molecule has 1 N–H and O–H groups in total. The van der Waals surface area contributed by atoms with Crippen molar-refractivity contribution in [3.05, 3.63) is 0 Å². The smallest absolute Gasteiger partial charge is 0.0675 e. The highest BCUT2D eigenvalue weighted by Crippen LogP contribution is 2.53. The van der Waals surface area contributed by atoms with Crippen molar-refractivity contribution in [2.75, 3.05) is 0 Å². The van der Waals surface area contributed by atoms with Crippen molar-refractivity contribution in [1.29, 1.82) is 0 Å². The Balaban J connectivity index is 2.25. The first-order valence-electron chi connectivity index (χ1n) is 4.34. The number of fused-ring (bicyclic) bond motifs is 2. The molecule has 2 fully saturated rings. The summed E-state index contributed by atoms with van der Waals surface area (Å²) >= 11 is 0. The third-order valence-corrected chi connectivity index (χ3v) is 3.93. The number of hydrogen-bond donors (Lipinski definition) is 1. The van der Waals surface area contributed by atoms with E-state index >= 15 is 0 Å². The summed E-state index contributed by atoms with van der Waals surface area (Å²) in [6.45, 7) is 4.21. The molecule has 0 aliphatic heterocycles. The van der Waals surface area contributed by atoms with Crippen LogP contribution < -0.4 is 0 Å². The average Bonchev–Trinajstić information content (AvgIpc) is 2.37. The molecule has 0 amide bonds. The zero-order valence-corrected chi connectivity index (χ0v) is 6.80. The van der Waals surface area contributed by atoms with Crippen LogP contribution in [0.3, 0.4) is 0 Å². The van der Waals surface area contributed by atoms with Gasteiger partial charge in [0.2, 0.25) is 0 Å². The van der Waals surface area contributed by atoms with Crippen LogP contribution in [0.4, 0.5) is 0 Å². The van der Waals surface area contributed by atoms with Crippen molar-refractivity contribution in [2.45, 2.75) is 38.7 Å². The molecule has 0 saturated heterocycles. The molecule has 1 nitrogen and oxygen atoms in total. The van der Waals surface area contributed by atoms with Gasteiger partial charge in [-0.1, -0.05) is 6.92 Å². The molecule has 0 heterocycles. The zero-order valence-electron chi connectivity index (χ0n) is 6.80. The second-order valence-electron chi connectivity index (χ2n) is 4.28. The lowest BCUT2D eigenvalue weighted by Gasteiger charge is -2.34. The summed E-state index contributed by atoms with van der Waals surface area (Å²) in [7, 11) is 0. The van der Waals surface area contributed by atoms with Gasteiger partial charge in [0, 0.05) is 0 Å². The summed E-state index contributed by atoms with van der Waals surface area (Å²) in [6, 6.07) is 0. The summed E-state index contributed by atoms with van der Waals surface area (Å²) in [5.74, 6) is 2.00. The number of aliphatic hydroxyl groups is 1. The predicted octanol–water partition coefficient (Wildman–Crippen LogP) is 1.80. The van der Waals surface area contributed by atoms with Crippen molar-refractivity contribution >= 4 is 0 Å². The first-order chi connectivity index (χ1) is 4.62. The molecular weight excluding hydrogens is 124 g/mol. The third kappa shape index (κ3) is 0.619. The first-order valence-corrected chi connectivity index (χ1v) is 4.34. The molecule has 4 unspecified atom stereocenters. The van der Waals surface area contributed by atoms with E-state index in [4.69, 9.17) is 0 Å². The van der Waals surface area contributed by atoms with Gasteiger partial charge >= 0.3 is 0 Å². The van der Waals surface area contributed by atoms with E-state index in [1.165, 1.54) is 19.3 Å². The normalized spacial score (nSPS) is 59.7. The summed E-state index contributed by atoms with van der Waals surface area (Å²) in [5.41, 5.74) is -0.330. The minimum absolute atomic E-state index is 0.330.